The van der Waals surface area contributed by atoms with E-state index < -0.39 is 17.3 Å². The second kappa shape index (κ2) is 10.6. The van der Waals surface area contributed by atoms with Crippen LogP contribution in [0.25, 0.3) is 10.6 Å². The summed E-state index contributed by atoms with van der Waals surface area (Å²) < 4.78 is 46.5. The molecule has 5 nitrogen and oxygen atoms in total. The maximum absolute atomic E-state index is 13.7. The molecule has 0 spiro atoms. The summed E-state index contributed by atoms with van der Waals surface area (Å²) in [4.78, 5) is 0. The molecule has 3 N–H and O–H groups in total. The van der Waals surface area contributed by atoms with E-state index in [1.807, 2.05) is 6.07 Å². The number of aryl methyl sites for hydroxylation is 2. The normalized spacial score (nSPS) is 13.7. The maximum atomic E-state index is 13.7. The van der Waals surface area contributed by atoms with Crippen LogP contribution in [0.3, 0.4) is 0 Å². The van der Waals surface area contributed by atoms with E-state index in [1.54, 1.807) is 6.92 Å². The van der Waals surface area contributed by atoms with Gasteiger partial charge < -0.3 is 15.6 Å². The van der Waals surface area contributed by atoms with Gasteiger partial charge in [-0.3, -0.25) is 0 Å². The third-order valence-corrected chi connectivity index (χ3v) is 6.48. The zero-order valence-corrected chi connectivity index (χ0v) is 19.5. The molecule has 178 valence electrons. The van der Waals surface area contributed by atoms with Crippen LogP contribution in [0.4, 0.5) is 13.2 Å². The Bertz CT molecular complexity index is 1070. The molecule has 0 aliphatic heterocycles. The summed E-state index contributed by atoms with van der Waals surface area (Å²) in [6.07, 6.45) is -1.15. The van der Waals surface area contributed by atoms with Gasteiger partial charge in [-0.25, -0.2) is 0 Å². The van der Waals surface area contributed by atoms with Crippen LogP contribution >= 0.6 is 11.3 Å². The lowest BCUT2D eigenvalue weighted by Crippen LogP contribution is -2.36. The predicted molar refractivity (Wildman–Crippen MR) is 123 cm³/mol. The van der Waals surface area contributed by atoms with Crippen molar-refractivity contribution >= 4 is 11.3 Å². The fourth-order valence-corrected chi connectivity index (χ4v) is 4.20. The van der Waals surface area contributed by atoms with E-state index >= 15 is 0 Å². The highest BCUT2D eigenvalue weighted by molar-refractivity contribution is 7.14. The van der Waals surface area contributed by atoms with Crippen molar-refractivity contribution in [2.45, 2.75) is 51.2 Å². The van der Waals surface area contributed by atoms with Crippen LogP contribution in [0.1, 0.15) is 47.9 Å². The van der Waals surface area contributed by atoms with Crippen LogP contribution in [0, 0.1) is 6.92 Å². The lowest BCUT2D eigenvalue weighted by Gasteiger charge is -2.17. The Labute approximate surface area is 195 Å². The molecule has 0 unspecified atom stereocenters. The molecule has 3 aromatic rings. The van der Waals surface area contributed by atoms with E-state index in [1.165, 1.54) is 23.3 Å². The van der Waals surface area contributed by atoms with Gasteiger partial charge in [0.15, 0.2) is 0 Å². The molecule has 0 fully saturated rings. The van der Waals surface area contributed by atoms with E-state index in [4.69, 9.17) is 10.5 Å². The molecule has 0 radical (unpaired) electrons. The number of alkyl halides is 3. The summed E-state index contributed by atoms with van der Waals surface area (Å²) in [6.45, 7) is 3.49. The number of aromatic nitrogens is 2. The highest BCUT2D eigenvalue weighted by Crippen LogP contribution is 2.39. The van der Waals surface area contributed by atoms with E-state index in [-0.39, 0.29) is 24.5 Å². The molecule has 1 atom stereocenters. The minimum absolute atomic E-state index is 0.200. The van der Waals surface area contributed by atoms with Gasteiger partial charge in [0.25, 0.3) is 0 Å². The number of halogens is 3. The Morgan fingerprint density at radius 3 is 2.55 bits per heavy atom. The molecule has 0 amide bonds. The van der Waals surface area contributed by atoms with Crippen LogP contribution in [0.15, 0.2) is 42.5 Å². The molecule has 0 saturated heterocycles. The number of hydrogen-bond donors (Lipinski definition) is 2. The highest BCUT2D eigenvalue weighted by Gasteiger charge is 2.35. The van der Waals surface area contributed by atoms with Crippen molar-refractivity contribution in [1.29, 1.82) is 0 Å². The average Bonchev–Trinajstić information content (AvgIpc) is 3.27. The quantitative estimate of drug-likeness (QED) is 0.376. The molecule has 3 rings (SSSR count). The first-order valence-corrected chi connectivity index (χ1v) is 11.6. The van der Waals surface area contributed by atoms with Gasteiger partial charge in [-0.05, 0) is 63.3 Å². The fraction of sp³-hybridized carbons (Fsp3) is 0.417. The second-order valence-corrected chi connectivity index (χ2v) is 9.32. The minimum Gasteiger partial charge on any atom is -0.493 e. The summed E-state index contributed by atoms with van der Waals surface area (Å²) in [7, 11) is 0. The number of rotatable bonds is 10. The topological polar surface area (TPSA) is 81.3 Å². The molecular formula is C24H28F3N3O2S. The lowest BCUT2D eigenvalue weighted by molar-refractivity contribution is -0.138. The number of benzene rings is 2. The monoisotopic (exact) mass is 479 g/mol. The van der Waals surface area contributed by atoms with Gasteiger partial charge in [0, 0.05) is 5.56 Å². The van der Waals surface area contributed by atoms with Crippen LogP contribution in [-0.2, 0) is 18.1 Å². The summed E-state index contributed by atoms with van der Waals surface area (Å²) >= 11 is 1.05. The van der Waals surface area contributed by atoms with Crippen LogP contribution < -0.4 is 10.5 Å². The summed E-state index contributed by atoms with van der Waals surface area (Å²) in [5.74, 6) is -0.200. The average molecular weight is 480 g/mol. The van der Waals surface area contributed by atoms with Gasteiger partial charge in [-0.2, -0.15) is 13.2 Å². The number of aliphatic hydroxyl groups excluding tert-OH is 1. The van der Waals surface area contributed by atoms with Crippen molar-refractivity contribution in [3.8, 4) is 16.3 Å². The van der Waals surface area contributed by atoms with Crippen molar-refractivity contribution in [3.63, 3.8) is 0 Å². The SMILES string of the molecule is Cc1cccc(CCCCCOc2ccc(-c3nnc([C@@](C)(N)CO)s3)cc2C(F)(F)F)c1. The Hall–Kier alpha value is -2.49. The first kappa shape index (κ1) is 25.1. The molecule has 0 aliphatic rings. The number of unbranched alkanes of at least 4 members (excludes halogenated alkanes) is 2. The van der Waals surface area contributed by atoms with Crippen LogP contribution in [0.2, 0.25) is 0 Å². The van der Waals surface area contributed by atoms with Crippen molar-refractivity contribution in [2.75, 3.05) is 13.2 Å². The Morgan fingerprint density at radius 1 is 1.06 bits per heavy atom. The number of ether oxygens (including phenoxy) is 1. The van der Waals surface area contributed by atoms with Gasteiger partial charge in [0.05, 0.1) is 24.3 Å². The Kier molecular flexibility index (Phi) is 8.10. The lowest BCUT2D eigenvalue weighted by atomic mass is 10.1. The molecule has 0 saturated carbocycles. The van der Waals surface area contributed by atoms with Crippen molar-refractivity contribution < 1.29 is 23.0 Å². The van der Waals surface area contributed by atoms with Gasteiger partial charge in [0.1, 0.15) is 15.8 Å². The minimum atomic E-state index is -4.57. The zero-order chi connectivity index (χ0) is 24.1. The van der Waals surface area contributed by atoms with E-state index in [0.29, 0.717) is 16.4 Å². The Morgan fingerprint density at radius 2 is 1.85 bits per heavy atom. The summed E-state index contributed by atoms with van der Waals surface area (Å²) in [5, 5.41) is 17.9. The predicted octanol–water partition coefficient (Wildman–Crippen LogP) is 5.49. The number of nitrogens with zero attached hydrogens (tertiary/aromatic N) is 2. The second-order valence-electron chi connectivity index (χ2n) is 8.34. The van der Waals surface area contributed by atoms with Gasteiger partial charge in [-0.1, -0.05) is 41.2 Å². The van der Waals surface area contributed by atoms with Crippen molar-refractivity contribution in [2.24, 2.45) is 5.73 Å². The molecule has 33 heavy (non-hydrogen) atoms. The number of nitrogens with two attached hydrogens (primary N) is 1. The molecule has 1 aromatic heterocycles. The van der Waals surface area contributed by atoms with Crippen molar-refractivity contribution in [1.82, 2.24) is 10.2 Å². The summed E-state index contributed by atoms with van der Waals surface area (Å²) in [6, 6.07) is 12.2. The molecule has 0 aliphatic carbocycles. The first-order valence-electron chi connectivity index (χ1n) is 10.7. The first-order chi connectivity index (χ1) is 15.6. The van der Waals surface area contributed by atoms with Crippen LogP contribution in [0.5, 0.6) is 5.75 Å². The standard InChI is InChI=1S/C24H28F3N3O2S/c1-16-7-6-9-17(13-16)8-4-3-5-12-32-20-11-10-18(14-19(20)24(25,26)27)21-29-30-22(33-21)23(2,28)15-31/h6-7,9-11,13-14,31H,3-5,8,12,15,28H2,1-2H3/t23-/m0/s1. The smallest absolute Gasteiger partial charge is 0.419 e. The van der Waals surface area contributed by atoms with E-state index in [9.17, 15) is 18.3 Å². The number of hydrogen-bond acceptors (Lipinski definition) is 6. The molecule has 9 heteroatoms. The molecule has 2 aromatic carbocycles. The van der Waals surface area contributed by atoms with Crippen molar-refractivity contribution in [3.05, 3.63) is 64.2 Å². The van der Waals surface area contributed by atoms with Gasteiger partial charge in [-0.15, -0.1) is 10.2 Å². The zero-order valence-electron chi connectivity index (χ0n) is 18.7. The third kappa shape index (κ3) is 6.75. The maximum Gasteiger partial charge on any atom is 0.419 e. The molecule has 0 bridgehead atoms. The van der Waals surface area contributed by atoms with E-state index in [2.05, 4.69) is 35.3 Å². The fourth-order valence-electron chi connectivity index (χ4n) is 3.31. The molecule has 1 heterocycles. The summed E-state index contributed by atoms with van der Waals surface area (Å²) in [5.41, 5.74) is 6.73. The Balaban J connectivity index is 1.62. The largest absolute Gasteiger partial charge is 0.493 e. The molecular weight excluding hydrogens is 451 g/mol. The number of aliphatic hydroxyl groups is 1. The van der Waals surface area contributed by atoms with Gasteiger partial charge >= 0.3 is 6.18 Å². The highest BCUT2D eigenvalue weighted by atomic mass is 32.1. The third-order valence-electron chi connectivity index (χ3n) is 5.22. The van der Waals surface area contributed by atoms with Crippen LogP contribution in [-0.4, -0.2) is 28.5 Å². The van der Waals surface area contributed by atoms with Gasteiger partial charge in [0.2, 0.25) is 0 Å². The van der Waals surface area contributed by atoms with E-state index in [0.717, 1.165) is 36.7 Å².